The minimum atomic E-state index is 0.257. The molecule has 0 bridgehead atoms. The molecule has 13 heavy (non-hydrogen) atoms. The van der Waals surface area contributed by atoms with Crippen molar-refractivity contribution in [1.82, 2.24) is 0 Å². The van der Waals surface area contributed by atoms with Gasteiger partial charge in [0.1, 0.15) is 0 Å². The molecule has 68 valence electrons. The maximum atomic E-state index is 2.49. The van der Waals surface area contributed by atoms with E-state index in [1.807, 2.05) is 0 Å². The summed E-state index contributed by atoms with van der Waals surface area (Å²) in [4.78, 5) is 2.49. The van der Waals surface area contributed by atoms with Crippen LogP contribution in [0.15, 0.2) is 18.0 Å². The normalized spacial score (nSPS) is 15.8. The average Bonchev–Trinajstić information content (AvgIpc) is 2.45. The number of hydrogen-bond acceptors (Lipinski definition) is 1. The van der Waals surface area contributed by atoms with E-state index in [1.165, 1.54) is 24.2 Å². The van der Waals surface area contributed by atoms with E-state index >= 15 is 0 Å². The van der Waals surface area contributed by atoms with Crippen molar-refractivity contribution in [2.24, 2.45) is 0 Å². The number of fused-ring (bicyclic) bond motifs is 1. The summed E-state index contributed by atoms with van der Waals surface area (Å²) in [6.07, 6.45) is 1.20. The van der Waals surface area contributed by atoms with Gasteiger partial charge in [0.05, 0.1) is 0 Å². The maximum absolute atomic E-state index is 2.49. The Balaban J connectivity index is 2.39. The summed E-state index contributed by atoms with van der Waals surface area (Å²) in [5.74, 6) is 4.36. The van der Waals surface area contributed by atoms with E-state index in [1.54, 1.807) is 0 Å². The molecule has 0 atom stereocenters. The Labute approximate surface area is 81.0 Å². The van der Waals surface area contributed by atoms with Crippen molar-refractivity contribution in [3.63, 3.8) is 0 Å². The molecular weight excluding hydrogens is 157 g/mol. The van der Waals surface area contributed by atoms with Gasteiger partial charge >= 0.3 is 80.3 Å². The van der Waals surface area contributed by atoms with Gasteiger partial charge in [-0.2, -0.15) is 0 Å². The van der Waals surface area contributed by atoms with Crippen molar-refractivity contribution in [2.45, 2.75) is 32.7 Å². The molecule has 2 heterocycles. The molecule has 1 nitrogen and oxygen atoms in total. The first-order valence-corrected chi connectivity index (χ1v) is 4.94. The van der Waals surface area contributed by atoms with Gasteiger partial charge < -0.3 is 0 Å². The van der Waals surface area contributed by atoms with Crippen LogP contribution < -0.4 is 4.90 Å². The molecule has 0 saturated heterocycles. The summed E-state index contributed by atoms with van der Waals surface area (Å²) in [5, 5.41) is 0. The molecule has 1 aliphatic rings. The third kappa shape index (κ3) is 1.50. The monoisotopic (exact) mass is 173 g/mol. The van der Waals surface area contributed by atoms with Gasteiger partial charge in [-0.1, -0.05) is 0 Å². The zero-order valence-electron chi connectivity index (χ0n) is 8.67. The molecule has 0 amide bonds. The van der Waals surface area contributed by atoms with Gasteiger partial charge in [-0.05, 0) is 0 Å². The van der Waals surface area contributed by atoms with Crippen molar-refractivity contribution in [3.05, 3.63) is 23.6 Å². The molecule has 0 radical (unpaired) electrons. The van der Waals surface area contributed by atoms with Gasteiger partial charge in [-0.3, -0.25) is 0 Å². The van der Waals surface area contributed by atoms with Gasteiger partial charge in [0.2, 0.25) is 0 Å². The van der Waals surface area contributed by atoms with Crippen LogP contribution in [0.25, 0.3) is 0 Å². The summed E-state index contributed by atoms with van der Waals surface area (Å²) in [7, 11) is 0. The van der Waals surface area contributed by atoms with Gasteiger partial charge in [0.15, 0.2) is 0 Å². The molecule has 0 fully saturated rings. The Morgan fingerprint density at radius 3 is 2.85 bits per heavy atom. The van der Waals surface area contributed by atoms with E-state index in [0.29, 0.717) is 0 Å². The summed E-state index contributed by atoms with van der Waals surface area (Å²) in [6, 6.07) is 2.24. The van der Waals surface area contributed by atoms with E-state index in [2.05, 4.69) is 50.6 Å². The third-order valence-corrected chi connectivity index (χ3v) is 2.70. The Bertz CT molecular complexity index is 314. The van der Waals surface area contributed by atoms with Crippen LogP contribution in [0.2, 0.25) is 0 Å². The van der Waals surface area contributed by atoms with Crippen molar-refractivity contribution in [2.75, 3.05) is 11.4 Å². The van der Waals surface area contributed by atoms with Crippen LogP contribution in [0.5, 0.6) is 0 Å². The second-order valence-corrected chi connectivity index (χ2v) is 4.70. The van der Waals surface area contributed by atoms with E-state index < -0.39 is 0 Å². The molecule has 0 aliphatic carbocycles. The van der Waals surface area contributed by atoms with Gasteiger partial charge in [-0.25, -0.2) is 0 Å². The van der Waals surface area contributed by atoms with Crippen molar-refractivity contribution in [3.8, 4) is 0 Å². The SMILES string of the molecule is CC(C)(C)N1CCc2ccbcc21. The molecule has 0 spiro atoms. The van der Waals surface area contributed by atoms with Gasteiger partial charge in [0, 0.05) is 0 Å². The van der Waals surface area contributed by atoms with E-state index in [0.717, 1.165) is 0 Å². The van der Waals surface area contributed by atoms with Gasteiger partial charge in [0.25, 0.3) is 0 Å². The van der Waals surface area contributed by atoms with E-state index in [4.69, 9.17) is 0 Å². The predicted molar refractivity (Wildman–Crippen MR) is 58.6 cm³/mol. The van der Waals surface area contributed by atoms with Crippen LogP contribution in [-0.4, -0.2) is 19.0 Å². The molecular formula is C11H16BN. The van der Waals surface area contributed by atoms with Crippen LogP contribution >= 0.6 is 0 Å². The Morgan fingerprint density at radius 1 is 1.38 bits per heavy atom. The molecule has 0 unspecified atom stereocenters. The van der Waals surface area contributed by atoms with Crippen molar-refractivity contribution in [1.29, 1.82) is 0 Å². The number of anilines is 1. The third-order valence-electron chi connectivity index (χ3n) is 2.70. The Morgan fingerprint density at radius 2 is 2.15 bits per heavy atom. The topological polar surface area (TPSA) is 3.24 Å². The fourth-order valence-corrected chi connectivity index (χ4v) is 2.04. The molecule has 0 aromatic carbocycles. The van der Waals surface area contributed by atoms with Gasteiger partial charge in [-0.15, -0.1) is 0 Å². The molecule has 0 saturated carbocycles. The Hall–Kier alpha value is -0.785. The molecule has 2 rings (SSSR count). The number of nitrogens with zero attached hydrogens (tertiary/aromatic N) is 1. The second-order valence-electron chi connectivity index (χ2n) is 4.70. The second kappa shape index (κ2) is 2.86. The predicted octanol–water partition coefficient (Wildman–Crippen LogP) is 2.19. The fraction of sp³-hybridized carbons (Fsp3) is 0.545. The number of rotatable bonds is 0. The summed E-state index contributed by atoms with van der Waals surface area (Å²) in [6.45, 7) is 10.1. The van der Waals surface area contributed by atoms with Crippen LogP contribution in [-0.2, 0) is 6.42 Å². The summed E-state index contributed by atoms with van der Waals surface area (Å²) in [5.41, 5.74) is 3.18. The minimum absolute atomic E-state index is 0.257. The first-order valence-electron chi connectivity index (χ1n) is 4.94. The van der Waals surface area contributed by atoms with Crippen LogP contribution in [0.1, 0.15) is 26.3 Å². The standard InChI is InChI=1S/C11H16BN/c1-11(2,3)13-7-5-9-4-6-12-8-10(9)13/h4,6,8H,5,7H2,1-3H3. The molecule has 1 aromatic rings. The summed E-state index contributed by atoms with van der Waals surface area (Å²) < 4.78 is 0. The molecule has 0 N–H and O–H groups in total. The zero-order valence-corrected chi connectivity index (χ0v) is 8.67. The van der Waals surface area contributed by atoms with E-state index in [9.17, 15) is 0 Å². The molecule has 1 aliphatic heterocycles. The zero-order chi connectivity index (χ0) is 9.47. The first kappa shape index (κ1) is 8.80. The Kier molecular flexibility index (Phi) is 1.94. The van der Waals surface area contributed by atoms with Crippen molar-refractivity contribution >= 4 is 12.6 Å². The summed E-state index contributed by atoms with van der Waals surface area (Å²) >= 11 is 0. The van der Waals surface area contributed by atoms with Crippen LogP contribution in [0.3, 0.4) is 0 Å². The molecule has 2 heteroatoms. The van der Waals surface area contributed by atoms with Crippen molar-refractivity contribution < 1.29 is 0 Å². The van der Waals surface area contributed by atoms with Crippen LogP contribution in [0.4, 0.5) is 5.69 Å². The molecule has 1 aromatic heterocycles. The first-order chi connectivity index (χ1) is 6.09. The fourth-order valence-electron chi connectivity index (χ4n) is 2.04. The van der Waals surface area contributed by atoms with E-state index in [-0.39, 0.29) is 5.54 Å². The van der Waals surface area contributed by atoms with Crippen LogP contribution in [0, 0.1) is 0 Å². The number of hydrogen-bond donors (Lipinski definition) is 0. The quantitative estimate of drug-likeness (QED) is 0.581. The average molecular weight is 173 g/mol.